The highest BCUT2D eigenvalue weighted by Crippen LogP contribution is 2.13. The molecule has 2 aliphatic rings. The van der Waals surface area contributed by atoms with Gasteiger partial charge in [0.25, 0.3) is 0 Å². The van der Waals surface area contributed by atoms with Gasteiger partial charge in [-0.3, -0.25) is 9.89 Å². The maximum Gasteiger partial charge on any atom is 0.194 e. The van der Waals surface area contributed by atoms with Gasteiger partial charge in [-0.2, -0.15) is 0 Å². The number of nitrogens with zero attached hydrogens (tertiary/aromatic N) is 5. The van der Waals surface area contributed by atoms with Crippen LogP contribution in [0.15, 0.2) is 29.4 Å². The number of hydrogen-bond acceptors (Lipinski definition) is 6. The van der Waals surface area contributed by atoms with E-state index in [1.807, 2.05) is 18.3 Å². The van der Waals surface area contributed by atoms with Crippen LogP contribution >= 0.6 is 17.0 Å². The summed E-state index contributed by atoms with van der Waals surface area (Å²) in [5.41, 5.74) is 0. The van der Waals surface area contributed by atoms with E-state index in [1.54, 1.807) is 7.11 Å². The molecule has 8 nitrogen and oxygen atoms in total. The highest BCUT2D eigenvalue weighted by Gasteiger charge is 2.24. The Morgan fingerprint density at radius 3 is 2.66 bits per heavy atom. The molecule has 0 bridgehead atoms. The number of guanidine groups is 1. The normalized spacial score (nSPS) is 21.4. The molecule has 3 rings (SSSR count). The number of rotatable bonds is 8. The van der Waals surface area contributed by atoms with E-state index >= 15 is 0 Å². The molecule has 2 fully saturated rings. The van der Waals surface area contributed by atoms with Crippen molar-refractivity contribution in [3.05, 3.63) is 24.4 Å². The number of anilines is 1. The lowest BCUT2D eigenvalue weighted by Crippen LogP contribution is -2.55. The predicted octanol–water partition coefficient (Wildman–Crippen LogP) is 2.12. The first-order valence-electron chi connectivity index (χ1n) is 11.6. The maximum absolute atomic E-state index is 6.02. The summed E-state index contributed by atoms with van der Waals surface area (Å²) < 4.78 is 11.3. The first-order valence-corrected chi connectivity index (χ1v) is 11.6. The number of aromatic nitrogens is 1. The molecule has 1 aromatic rings. The minimum absolute atomic E-state index is 0. The quantitative estimate of drug-likeness (QED) is 0.422. The Balaban J connectivity index is 0.00000363. The molecule has 2 atom stereocenters. The van der Waals surface area contributed by atoms with Crippen LogP contribution in [0.2, 0.25) is 0 Å². The van der Waals surface area contributed by atoms with E-state index in [-0.39, 0.29) is 29.1 Å². The topological polar surface area (TPSA) is 65.5 Å². The van der Waals surface area contributed by atoms with E-state index in [1.165, 1.54) is 0 Å². The summed E-state index contributed by atoms with van der Waals surface area (Å²) in [4.78, 5) is 16.7. The van der Waals surface area contributed by atoms with E-state index in [2.05, 4.69) is 51.8 Å². The highest BCUT2D eigenvalue weighted by atomic mass is 79.9. The first kappa shape index (κ1) is 26.8. The predicted molar refractivity (Wildman–Crippen MR) is 136 cm³/mol. The Morgan fingerprint density at radius 1 is 1.22 bits per heavy atom. The Morgan fingerprint density at radius 2 is 2.00 bits per heavy atom. The molecule has 9 heteroatoms. The zero-order valence-corrected chi connectivity index (χ0v) is 21.8. The third-order valence-electron chi connectivity index (χ3n) is 5.64. The number of aliphatic imine (C=N–C) groups is 1. The first-order chi connectivity index (χ1) is 15.0. The summed E-state index contributed by atoms with van der Waals surface area (Å²) in [6, 6.07) is 6.28. The highest BCUT2D eigenvalue weighted by molar-refractivity contribution is 8.93. The molecule has 32 heavy (non-hydrogen) atoms. The maximum atomic E-state index is 6.02. The van der Waals surface area contributed by atoms with Crippen LogP contribution in [0.3, 0.4) is 0 Å². The zero-order valence-electron chi connectivity index (χ0n) is 20.1. The van der Waals surface area contributed by atoms with Gasteiger partial charge in [-0.1, -0.05) is 19.9 Å². The van der Waals surface area contributed by atoms with Crippen LogP contribution in [0.5, 0.6) is 0 Å². The van der Waals surface area contributed by atoms with Gasteiger partial charge in [0.2, 0.25) is 0 Å². The van der Waals surface area contributed by atoms with Crippen molar-refractivity contribution in [3.63, 3.8) is 0 Å². The Bertz CT molecular complexity index is 670. The van der Waals surface area contributed by atoms with Crippen LogP contribution in [0.4, 0.5) is 5.82 Å². The number of nitrogens with one attached hydrogen (secondary N) is 1. The minimum atomic E-state index is 0. The number of methoxy groups -OCH3 is 1. The molecule has 0 amide bonds. The summed E-state index contributed by atoms with van der Waals surface area (Å²) in [7, 11) is 1.74. The van der Waals surface area contributed by atoms with E-state index in [9.17, 15) is 0 Å². The van der Waals surface area contributed by atoms with Gasteiger partial charge in [-0.25, -0.2) is 4.98 Å². The standard InChI is InChI=1S/C23H40N6O2.BrH/c1-19(2)16-27-13-14-31-21(17-27)15-25-23(26-20(3)18-30-4)29-11-9-28(10-12-29)22-7-5-6-8-24-22;/h5-8,19-21H,9-18H2,1-4H3,(H,25,26);1H. The monoisotopic (exact) mass is 512 g/mol. The van der Waals surface area contributed by atoms with Gasteiger partial charge in [-0.05, 0) is 25.0 Å². The number of pyridine rings is 1. The van der Waals surface area contributed by atoms with Crippen molar-refractivity contribution < 1.29 is 9.47 Å². The molecule has 1 N–H and O–H groups in total. The van der Waals surface area contributed by atoms with E-state index in [0.717, 1.165) is 64.2 Å². The van der Waals surface area contributed by atoms with Gasteiger partial charge in [0, 0.05) is 65.2 Å². The SMILES string of the molecule is Br.COCC(C)NC(=NCC1CN(CC(C)C)CCO1)N1CCN(c2ccccn2)CC1. The molecule has 3 heterocycles. The van der Waals surface area contributed by atoms with Crippen LogP contribution in [-0.2, 0) is 9.47 Å². The van der Waals surface area contributed by atoms with Crippen molar-refractivity contribution in [2.75, 3.05) is 77.6 Å². The molecule has 0 aliphatic carbocycles. The van der Waals surface area contributed by atoms with E-state index in [0.29, 0.717) is 19.1 Å². The van der Waals surface area contributed by atoms with Crippen LogP contribution in [0, 0.1) is 5.92 Å². The number of hydrogen-bond donors (Lipinski definition) is 1. The molecule has 2 unspecified atom stereocenters. The molecule has 0 aromatic carbocycles. The number of halogens is 1. The smallest absolute Gasteiger partial charge is 0.194 e. The van der Waals surface area contributed by atoms with Gasteiger partial charge in [0.1, 0.15) is 5.82 Å². The van der Waals surface area contributed by atoms with Crippen molar-refractivity contribution in [1.82, 2.24) is 20.1 Å². The number of ether oxygens (including phenoxy) is 2. The van der Waals surface area contributed by atoms with Gasteiger partial charge < -0.3 is 24.6 Å². The summed E-state index contributed by atoms with van der Waals surface area (Å²) in [5, 5.41) is 3.57. The average Bonchev–Trinajstić information content (AvgIpc) is 2.77. The second-order valence-electron chi connectivity index (χ2n) is 8.97. The van der Waals surface area contributed by atoms with Crippen LogP contribution in [0.1, 0.15) is 20.8 Å². The van der Waals surface area contributed by atoms with Gasteiger partial charge in [-0.15, -0.1) is 17.0 Å². The molecular weight excluding hydrogens is 472 g/mol. The van der Waals surface area contributed by atoms with Crippen molar-refractivity contribution in [3.8, 4) is 0 Å². The summed E-state index contributed by atoms with van der Waals surface area (Å²) in [6.45, 7) is 15.6. The van der Waals surface area contributed by atoms with Crippen molar-refractivity contribution in [2.24, 2.45) is 10.9 Å². The second kappa shape index (κ2) is 14.0. The average molecular weight is 514 g/mol. The molecule has 0 radical (unpaired) electrons. The van der Waals surface area contributed by atoms with Gasteiger partial charge >= 0.3 is 0 Å². The third-order valence-corrected chi connectivity index (χ3v) is 5.64. The summed E-state index contributed by atoms with van der Waals surface area (Å²) >= 11 is 0. The lowest BCUT2D eigenvalue weighted by molar-refractivity contribution is -0.0262. The Kier molecular flexibility index (Phi) is 11.7. The lowest BCUT2D eigenvalue weighted by Gasteiger charge is -2.38. The summed E-state index contributed by atoms with van der Waals surface area (Å²) in [6.07, 6.45) is 2.01. The van der Waals surface area contributed by atoms with Gasteiger partial charge in [0.05, 0.1) is 25.9 Å². The zero-order chi connectivity index (χ0) is 22.1. The Labute approximate surface area is 204 Å². The van der Waals surface area contributed by atoms with Crippen LogP contribution in [0.25, 0.3) is 0 Å². The fourth-order valence-corrected chi connectivity index (χ4v) is 4.20. The van der Waals surface area contributed by atoms with E-state index in [4.69, 9.17) is 14.5 Å². The third kappa shape index (κ3) is 8.50. The Hall–Kier alpha value is -1.42. The van der Waals surface area contributed by atoms with Crippen molar-refractivity contribution >= 4 is 28.8 Å². The number of morpholine rings is 1. The lowest BCUT2D eigenvalue weighted by atomic mass is 10.2. The van der Waals surface area contributed by atoms with Crippen molar-refractivity contribution in [2.45, 2.75) is 32.9 Å². The molecule has 182 valence electrons. The van der Waals surface area contributed by atoms with E-state index < -0.39 is 0 Å². The van der Waals surface area contributed by atoms with Crippen LogP contribution < -0.4 is 10.2 Å². The molecule has 0 saturated carbocycles. The fraction of sp³-hybridized carbons (Fsp3) is 0.739. The molecular formula is C23H41BrN6O2. The van der Waals surface area contributed by atoms with Gasteiger partial charge in [0.15, 0.2) is 5.96 Å². The summed E-state index contributed by atoms with van der Waals surface area (Å²) in [5.74, 6) is 2.67. The van der Waals surface area contributed by atoms with Crippen molar-refractivity contribution in [1.29, 1.82) is 0 Å². The molecule has 2 saturated heterocycles. The minimum Gasteiger partial charge on any atom is -0.383 e. The number of piperazine rings is 1. The molecule has 0 spiro atoms. The molecule has 2 aliphatic heterocycles. The second-order valence-corrected chi connectivity index (χ2v) is 8.97. The fourth-order valence-electron chi connectivity index (χ4n) is 4.20. The van der Waals surface area contributed by atoms with Crippen LogP contribution in [-0.4, -0.2) is 106 Å². The molecule has 1 aromatic heterocycles. The largest absolute Gasteiger partial charge is 0.383 e.